The molecule has 2 fully saturated rings. The molecule has 0 aliphatic heterocycles. The Balaban J connectivity index is 2.07. The van der Waals surface area contributed by atoms with Crippen LogP contribution in [-0.4, -0.2) is 44.5 Å². The van der Waals surface area contributed by atoms with Crippen molar-refractivity contribution in [3.63, 3.8) is 0 Å². The Hall–Kier alpha value is -0.660. The Morgan fingerprint density at radius 2 is 1.95 bits per heavy atom. The summed E-state index contributed by atoms with van der Waals surface area (Å²) in [5.74, 6) is -1.02. The smallest absolute Gasteiger partial charge is 0.310 e. The molecule has 2 saturated carbocycles. The molecule has 0 heterocycles. The van der Waals surface area contributed by atoms with Crippen LogP contribution in [0.1, 0.15) is 38.5 Å². The highest BCUT2D eigenvalue weighted by Crippen LogP contribution is 2.33. The molecule has 2 aliphatic rings. The monoisotopic (exact) mass is 305 g/mol. The number of hydrogen-bond donors (Lipinski definition) is 2. The zero-order valence-electron chi connectivity index (χ0n) is 11.7. The van der Waals surface area contributed by atoms with Crippen molar-refractivity contribution >= 4 is 16.0 Å². The summed E-state index contributed by atoms with van der Waals surface area (Å²) >= 11 is 0. The van der Waals surface area contributed by atoms with Crippen LogP contribution in [0, 0.1) is 11.8 Å². The van der Waals surface area contributed by atoms with E-state index < -0.39 is 27.2 Å². The molecule has 0 saturated heterocycles. The summed E-state index contributed by atoms with van der Waals surface area (Å²) in [7, 11) is -2.26. The topological polar surface area (TPSA) is 92.7 Å². The summed E-state index contributed by atoms with van der Waals surface area (Å²) < 4.78 is 32.4. The lowest BCUT2D eigenvalue weighted by Gasteiger charge is -2.24. The maximum absolute atomic E-state index is 12.5. The van der Waals surface area contributed by atoms with Crippen LogP contribution in [0.4, 0.5) is 0 Å². The van der Waals surface area contributed by atoms with Crippen molar-refractivity contribution < 1.29 is 23.1 Å². The molecule has 4 atom stereocenters. The van der Waals surface area contributed by atoms with Crippen LogP contribution >= 0.6 is 0 Å². The van der Waals surface area contributed by atoms with E-state index in [0.29, 0.717) is 12.8 Å². The van der Waals surface area contributed by atoms with Gasteiger partial charge in [-0.25, -0.2) is 13.1 Å². The van der Waals surface area contributed by atoms with Gasteiger partial charge in [0.1, 0.15) is 0 Å². The lowest BCUT2D eigenvalue weighted by atomic mass is 10.1. The van der Waals surface area contributed by atoms with Gasteiger partial charge in [0.25, 0.3) is 0 Å². The minimum absolute atomic E-state index is 0.00170. The largest absolute Gasteiger partial charge is 0.469 e. The predicted molar refractivity (Wildman–Crippen MR) is 73.4 cm³/mol. The molecule has 116 valence electrons. The summed E-state index contributed by atoms with van der Waals surface area (Å²) in [6.45, 7) is -0.00170. The number of esters is 1. The number of methoxy groups -OCH3 is 1. The van der Waals surface area contributed by atoms with Crippen molar-refractivity contribution in [1.82, 2.24) is 4.72 Å². The summed E-state index contributed by atoms with van der Waals surface area (Å²) in [5, 5.41) is 8.57. The van der Waals surface area contributed by atoms with E-state index in [9.17, 15) is 18.3 Å². The minimum Gasteiger partial charge on any atom is -0.469 e. The zero-order valence-corrected chi connectivity index (χ0v) is 12.6. The number of aliphatic hydroxyl groups excluding tert-OH is 1. The Bertz CT molecular complexity index is 450. The van der Waals surface area contributed by atoms with Gasteiger partial charge in [0.05, 0.1) is 18.3 Å². The molecule has 0 aromatic carbocycles. The van der Waals surface area contributed by atoms with E-state index in [-0.39, 0.29) is 18.6 Å². The number of nitrogens with one attached hydrogen (secondary N) is 1. The number of hydrogen-bond acceptors (Lipinski definition) is 5. The third kappa shape index (κ3) is 3.15. The average molecular weight is 305 g/mol. The average Bonchev–Trinajstić information content (AvgIpc) is 3.05. The molecular formula is C13H23NO5S. The molecule has 0 spiro atoms. The molecular weight excluding hydrogens is 282 g/mol. The highest BCUT2D eigenvalue weighted by atomic mass is 32.2. The molecule has 0 amide bonds. The lowest BCUT2D eigenvalue weighted by molar-refractivity contribution is -0.145. The van der Waals surface area contributed by atoms with Gasteiger partial charge < -0.3 is 9.84 Å². The second-order valence-corrected chi connectivity index (χ2v) is 7.67. The van der Waals surface area contributed by atoms with Crippen LogP contribution in [0.15, 0.2) is 0 Å². The van der Waals surface area contributed by atoms with E-state index in [1.165, 1.54) is 7.11 Å². The summed E-state index contributed by atoms with van der Waals surface area (Å²) in [4.78, 5) is 11.7. The van der Waals surface area contributed by atoms with Gasteiger partial charge in [0.15, 0.2) is 0 Å². The van der Waals surface area contributed by atoms with Crippen molar-refractivity contribution in [2.45, 2.75) is 49.8 Å². The summed E-state index contributed by atoms with van der Waals surface area (Å²) in [5.41, 5.74) is 0. The highest BCUT2D eigenvalue weighted by Gasteiger charge is 2.43. The fourth-order valence-electron chi connectivity index (χ4n) is 3.43. The number of sulfonamides is 1. The standard InChI is InChI=1S/C13H23NO5S/c1-19-13(16)10-5-3-7-12(10)20(17,18)14-11-6-2-4-9(11)8-15/h9-12,14-15H,2-8H2,1H3. The number of carbonyl (C=O) groups excluding carboxylic acids is 1. The quantitative estimate of drug-likeness (QED) is 0.718. The lowest BCUT2D eigenvalue weighted by Crippen LogP contribution is -2.45. The van der Waals surface area contributed by atoms with Gasteiger partial charge in [-0.05, 0) is 31.6 Å². The van der Waals surface area contributed by atoms with Crippen molar-refractivity contribution in [3.05, 3.63) is 0 Å². The molecule has 0 radical (unpaired) electrons. The number of rotatable bonds is 5. The fourth-order valence-corrected chi connectivity index (χ4v) is 5.49. The van der Waals surface area contributed by atoms with Crippen LogP contribution in [-0.2, 0) is 19.6 Å². The molecule has 2 aliphatic carbocycles. The van der Waals surface area contributed by atoms with Gasteiger partial charge in [-0.2, -0.15) is 0 Å². The van der Waals surface area contributed by atoms with Gasteiger partial charge in [0, 0.05) is 12.6 Å². The molecule has 0 bridgehead atoms. The molecule has 0 aromatic heterocycles. The van der Waals surface area contributed by atoms with Crippen LogP contribution in [0.25, 0.3) is 0 Å². The van der Waals surface area contributed by atoms with E-state index >= 15 is 0 Å². The molecule has 7 heteroatoms. The normalized spacial score (nSPS) is 34.3. The number of carbonyl (C=O) groups is 1. The van der Waals surface area contributed by atoms with Gasteiger partial charge >= 0.3 is 5.97 Å². The second-order valence-electron chi connectivity index (χ2n) is 5.74. The van der Waals surface area contributed by atoms with Gasteiger partial charge in [-0.15, -0.1) is 0 Å². The van der Waals surface area contributed by atoms with Crippen molar-refractivity contribution in [3.8, 4) is 0 Å². The van der Waals surface area contributed by atoms with E-state index in [4.69, 9.17) is 4.74 Å². The van der Waals surface area contributed by atoms with Crippen molar-refractivity contribution in [2.24, 2.45) is 11.8 Å². The molecule has 0 aromatic rings. The minimum atomic E-state index is -3.55. The van der Waals surface area contributed by atoms with Crippen LogP contribution < -0.4 is 4.72 Å². The van der Waals surface area contributed by atoms with E-state index in [1.54, 1.807) is 0 Å². The van der Waals surface area contributed by atoms with E-state index in [0.717, 1.165) is 25.7 Å². The molecule has 6 nitrogen and oxygen atoms in total. The van der Waals surface area contributed by atoms with E-state index in [2.05, 4.69) is 4.72 Å². The first kappa shape index (κ1) is 15.7. The highest BCUT2D eigenvalue weighted by molar-refractivity contribution is 7.90. The summed E-state index contributed by atoms with van der Waals surface area (Å²) in [6.07, 6.45) is 4.29. The first-order chi connectivity index (χ1) is 9.49. The van der Waals surface area contributed by atoms with Crippen molar-refractivity contribution in [2.75, 3.05) is 13.7 Å². The first-order valence-electron chi connectivity index (χ1n) is 7.19. The SMILES string of the molecule is COC(=O)C1CCCC1S(=O)(=O)NC1CCCC1CO. The zero-order chi connectivity index (χ0) is 14.8. The van der Waals surface area contributed by atoms with Gasteiger partial charge in [-0.3, -0.25) is 4.79 Å². The number of ether oxygens (including phenoxy) is 1. The van der Waals surface area contributed by atoms with Crippen LogP contribution in [0.5, 0.6) is 0 Å². The van der Waals surface area contributed by atoms with Gasteiger partial charge in [0.2, 0.25) is 10.0 Å². The van der Waals surface area contributed by atoms with E-state index in [1.807, 2.05) is 0 Å². The number of aliphatic hydroxyl groups is 1. The van der Waals surface area contributed by atoms with Crippen molar-refractivity contribution in [1.29, 1.82) is 0 Å². The molecule has 2 N–H and O–H groups in total. The Morgan fingerprint density at radius 1 is 1.25 bits per heavy atom. The fraction of sp³-hybridized carbons (Fsp3) is 0.923. The Labute approximate surface area is 119 Å². The van der Waals surface area contributed by atoms with Crippen LogP contribution in [0.3, 0.4) is 0 Å². The van der Waals surface area contributed by atoms with Crippen LogP contribution in [0.2, 0.25) is 0 Å². The predicted octanol–water partition coefficient (Wildman–Crippen LogP) is 0.408. The molecule has 20 heavy (non-hydrogen) atoms. The molecule has 2 rings (SSSR count). The first-order valence-corrected chi connectivity index (χ1v) is 8.74. The van der Waals surface area contributed by atoms with Gasteiger partial charge in [-0.1, -0.05) is 12.8 Å². The maximum atomic E-state index is 12.5. The Kier molecular flexibility index (Phi) is 5.04. The third-order valence-electron chi connectivity index (χ3n) is 4.56. The maximum Gasteiger partial charge on any atom is 0.310 e. The summed E-state index contributed by atoms with van der Waals surface area (Å²) in [6, 6.07) is -0.205. The Morgan fingerprint density at radius 3 is 2.60 bits per heavy atom. The molecule has 4 unspecified atom stereocenters. The third-order valence-corrected chi connectivity index (χ3v) is 6.56. The second kappa shape index (κ2) is 6.41.